The van der Waals surface area contributed by atoms with Gasteiger partial charge in [0, 0.05) is 50.6 Å². The Hall–Kier alpha value is -3.36. The van der Waals surface area contributed by atoms with Crippen LogP contribution in [-0.2, 0) is 0 Å². The van der Waals surface area contributed by atoms with Crippen molar-refractivity contribution >= 4 is 47.2 Å². The van der Waals surface area contributed by atoms with Crippen LogP contribution in [0.1, 0.15) is 31.1 Å². The molecule has 186 valence electrons. The van der Waals surface area contributed by atoms with Gasteiger partial charge in [0.05, 0.1) is 16.3 Å². The van der Waals surface area contributed by atoms with Gasteiger partial charge >= 0.3 is 0 Å². The highest BCUT2D eigenvalue weighted by Gasteiger charge is 2.19. The first-order valence-electron chi connectivity index (χ1n) is 11.7. The molecule has 35 heavy (non-hydrogen) atoms. The van der Waals surface area contributed by atoms with Gasteiger partial charge in [-0.2, -0.15) is 4.99 Å². The van der Waals surface area contributed by atoms with Crippen LogP contribution in [0, 0.1) is 0 Å². The van der Waals surface area contributed by atoms with Crippen LogP contribution in [0.4, 0.5) is 17.1 Å². The number of halogens is 1. The topological polar surface area (TPSA) is 84.4 Å². The minimum Gasteiger partial charge on any atom is -0.369 e. The summed E-state index contributed by atoms with van der Waals surface area (Å²) in [7, 11) is 1.58. The van der Waals surface area contributed by atoms with Gasteiger partial charge in [-0.1, -0.05) is 23.7 Å². The Kier molecular flexibility index (Phi) is 9.28. The number of piperazine rings is 1. The van der Waals surface area contributed by atoms with E-state index in [1.54, 1.807) is 32.2 Å². The fourth-order valence-electron chi connectivity index (χ4n) is 3.83. The molecule has 1 aliphatic heterocycles. The number of hydrogen-bond acceptors (Lipinski definition) is 5. The first-order valence-corrected chi connectivity index (χ1v) is 12.1. The number of nitrogens with one attached hydrogen (secondary N) is 3. The summed E-state index contributed by atoms with van der Waals surface area (Å²) in [4.78, 5) is 25.6. The first kappa shape index (κ1) is 26.2. The summed E-state index contributed by atoms with van der Waals surface area (Å²) in [5.74, 6) is 0.426. The van der Waals surface area contributed by atoms with Gasteiger partial charge in [-0.3, -0.25) is 9.69 Å². The quantitative estimate of drug-likeness (QED) is 0.386. The SMILES string of the molecule is C=NC(=N/C(Nc1ccccc1C(=O)NC)=C(\C)Cl)Nc1ccc(N2CCN(C(C)C)CC2)cc1. The Labute approximate surface area is 212 Å². The lowest BCUT2D eigenvalue weighted by Crippen LogP contribution is -2.48. The Morgan fingerprint density at radius 2 is 1.69 bits per heavy atom. The van der Waals surface area contributed by atoms with Gasteiger partial charge in [0.1, 0.15) is 5.82 Å². The molecule has 3 N–H and O–H groups in total. The highest BCUT2D eigenvalue weighted by Crippen LogP contribution is 2.22. The molecule has 1 amide bonds. The molecule has 8 nitrogen and oxygen atoms in total. The molecule has 2 aromatic rings. The molecular formula is C26H34ClN7O. The zero-order valence-electron chi connectivity index (χ0n) is 20.8. The third kappa shape index (κ3) is 7.07. The Balaban J connectivity index is 1.72. The summed E-state index contributed by atoms with van der Waals surface area (Å²) in [6.07, 6.45) is 0. The van der Waals surface area contributed by atoms with E-state index in [0.717, 1.165) is 31.9 Å². The molecule has 0 radical (unpaired) electrons. The number of allylic oxidation sites excluding steroid dienone is 1. The largest absolute Gasteiger partial charge is 0.369 e. The number of amides is 1. The number of nitrogens with zero attached hydrogens (tertiary/aromatic N) is 4. The first-order chi connectivity index (χ1) is 16.8. The number of benzene rings is 2. The average molecular weight is 496 g/mol. The van der Waals surface area contributed by atoms with Gasteiger partial charge in [-0.05, 0) is 63.9 Å². The molecule has 0 atom stereocenters. The zero-order valence-corrected chi connectivity index (χ0v) is 21.6. The van der Waals surface area contributed by atoms with Crippen molar-refractivity contribution in [3.8, 4) is 0 Å². The minimum atomic E-state index is -0.213. The van der Waals surface area contributed by atoms with E-state index in [9.17, 15) is 4.79 Å². The smallest absolute Gasteiger partial charge is 0.253 e. The fraction of sp³-hybridized carbons (Fsp3) is 0.346. The van der Waals surface area contributed by atoms with Crippen molar-refractivity contribution in [2.24, 2.45) is 9.98 Å². The second-order valence-corrected chi connectivity index (χ2v) is 9.08. The molecule has 0 saturated carbocycles. The zero-order chi connectivity index (χ0) is 25.4. The second-order valence-electron chi connectivity index (χ2n) is 8.51. The lowest BCUT2D eigenvalue weighted by molar-refractivity contribution is 0.0964. The van der Waals surface area contributed by atoms with E-state index in [0.29, 0.717) is 28.1 Å². The molecule has 0 unspecified atom stereocenters. The summed E-state index contributed by atoms with van der Waals surface area (Å²) in [6, 6.07) is 15.9. The summed E-state index contributed by atoms with van der Waals surface area (Å²) in [5, 5.41) is 9.37. The van der Waals surface area contributed by atoms with Gasteiger partial charge in [0.15, 0.2) is 0 Å². The average Bonchev–Trinajstić information content (AvgIpc) is 2.88. The molecule has 2 aromatic carbocycles. The van der Waals surface area contributed by atoms with Crippen LogP contribution in [0.5, 0.6) is 0 Å². The lowest BCUT2D eigenvalue weighted by Gasteiger charge is -2.38. The number of carbonyl (C=O) groups excluding carboxylic acids is 1. The van der Waals surface area contributed by atoms with Crippen LogP contribution in [0.25, 0.3) is 0 Å². The molecule has 1 fully saturated rings. The summed E-state index contributed by atoms with van der Waals surface area (Å²) >= 11 is 6.31. The van der Waals surface area contributed by atoms with E-state index < -0.39 is 0 Å². The minimum absolute atomic E-state index is 0.213. The second kappa shape index (κ2) is 12.4. The maximum absolute atomic E-state index is 12.2. The molecule has 0 spiro atoms. The number of anilines is 3. The molecule has 1 aliphatic rings. The van der Waals surface area contributed by atoms with Crippen LogP contribution < -0.4 is 20.9 Å². The maximum Gasteiger partial charge on any atom is 0.253 e. The molecule has 1 heterocycles. The van der Waals surface area contributed by atoms with Crippen LogP contribution >= 0.6 is 11.6 Å². The van der Waals surface area contributed by atoms with Crippen molar-refractivity contribution in [1.29, 1.82) is 0 Å². The van der Waals surface area contributed by atoms with E-state index in [1.807, 2.05) is 18.2 Å². The van der Waals surface area contributed by atoms with E-state index in [1.165, 1.54) is 5.69 Å². The lowest BCUT2D eigenvalue weighted by atomic mass is 10.1. The summed E-state index contributed by atoms with van der Waals surface area (Å²) in [6.45, 7) is 14.0. The molecule has 3 rings (SSSR count). The van der Waals surface area contributed by atoms with Crippen LogP contribution in [-0.4, -0.2) is 62.8 Å². The van der Waals surface area contributed by atoms with Crippen molar-refractivity contribution in [1.82, 2.24) is 10.2 Å². The normalized spacial score (nSPS) is 15.5. The van der Waals surface area contributed by atoms with Crippen molar-refractivity contribution in [2.45, 2.75) is 26.8 Å². The number of aliphatic imine (C=N–C) groups is 2. The number of carbonyl (C=O) groups is 1. The monoisotopic (exact) mass is 495 g/mol. The van der Waals surface area contributed by atoms with Crippen molar-refractivity contribution in [2.75, 3.05) is 48.8 Å². The molecule has 0 aliphatic carbocycles. The molecule has 0 bridgehead atoms. The van der Waals surface area contributed by atoms with Crippen LogP contribution in [0.2, 0.25) is 0 Å². The molecule has 9 heteroatoms. The van der Waals surface area contributed by atoms with Gasteiger partial charge in [-0.25, -0.2) is 4.99 Å². The Morgan fingerprint density at radius 3 is 2.26 bits per heavy atom. The number of rotatable bonds is 7. The predicted octanol–water partition coefficient (Wildman–Crippen LogP) is 4.59. The standard InChI is InChI=1S/C26H34ClN7O/c1-18(2)33-14-16-34(17-15-33)21-12-10-20(11-13-21)30-26(29-5)32-24(19(3)27)31-23-9-7-6-8-22(23)25(35)28-4/h6-13,18,31H,5,14-17H2,1-4H3,(H,28,35)(H,30,32)/b24-19+. The van der Waals surface area contributed by atoms with Gasteiger partial charge in [0.2, 0.25) is 5.96 Å². The Morgan fingerprint density at radius 1 is 1.03 bits per heavy atom. The predicted molar refractivity (Wildman–Crippen MR) is 148 cm³/mol. The number of hydrogen-bond donors (Lipinski definition) is 3. The van der Waals surface area contributed by atoms with Gasteiger partial charge in [0.25, 0.3) is 5.91 Å². The van der Waals surface area contributed by atoms with E-state index in [2.05, 4.69) is 68.4 Å². The third-order valence-electron chi connectivity index (χ3n) is 5.88. The van der Waals surface area contributed by atoms with E-state index in [4.69, 9.17) is 11.6 Å². The van der Waals surface area contributed by atoms with E-state index in [-0.39, 0.29) is 11.9 Å². The summed E-state index contributed by atoms with van der Waals surface area (Å²) < 4.78 is 0. The van der Waals surface area contributed by atoms with Gasteiger partial charge in [-0.15, -0.1) is 0 Å². The van der Waals surface area contributed by atoms with Crippen molar-refractivity contribution < 1.29 is 4.79 Å². The highest BCUT2D eigenvalue weighted by molar-refractivity contribution is 6.29. The van der Waals surface area contributed by atoms with Crippen molar-refractivity contribution in [3.63, 3.8) is 0 Å². The van der Waals surface area contributed by atoms with E-state index >= 15 is 0 Å². The van der Waals surface area contributed by atoms with Crippen molar-refractivity contribution in [3.05, 3.63) is 64.9 Å². The van der Waals surface area contributed by atoms with Crippen LogP contribution in [0.15, 0.2) is 69.4 Å². The fourth-order valence-corrected chi connectivity index (χ4v) is 3.92. The molecular weight excluding hydrogens is 462 g/mol. The number of para-hydroxylation sites is 1. The Bertz CT molecular complexity index is 1080. The third-order valence-corrected chi connectivity index (χ3v) is 6.06. The van der Waals surface area contributed by atoms with Gasteiger partial charge < -0.3 is 20.9 Å². The number of guanidine groups is 1. The molecule has 0 aromatic heterocycles. The van der Waals surface area contributed by atoms with Crippen LogP contribution in [0.3, 0.4) is 0 Å². The molecule has 1 saturated heterocycles. The maximum atomic E-state index is 12.2. The summed E-state index contributed by atoms with van der Waals surface area (Å²) in [5.41, 5.74) is 3.08. The highest BCUT2D eigenvalue weighted by atomic mass is 35.5.